The molecular weight excluding hydrogens is 256 g/mol. The van der Waals surface area contributed by atoms with Crippen molar-refractivity contribution in [2.24, 2.45) is 0 Å². The monoisotopic (exact) mass is 280 g/mol. The van der Waals surface area contributed by atoms with Crippen molar-refractivity contribution in [2.75, 3.05) is 0 Å². The topological polar surface area (TPSA) is 24.9 Å². The number of hydrogen-bond donors (Lipinski definition) is 1. The van der Waals surface area contributed by atoms with Gasteiger partial charge < -0.3 is 5.32 Å². The molecular formula is C19H24N2. The van der Waals surface area contributed by atoms with Crippen molar-refractivity contribution in [1.29, 1.82) is 0 Å². The Bertz CT molecular complexity index is 619. The van der Waals surface area contributed by atoms with Crippen LogP contribution in [0.1, 0.15) is 53.9 Å². The molecule has 1 aliphatic rings. The highest BCUT2D eigenvalue weighted by Gasteiger charge is 2.12. The molecule has 1 aromatic heterocycles. The summed E-state index contributed by atoms with van der Waals surface area (Å²) in [5.74, 6) is 0. The Balaban J connectivity index is 1.66. The molecule has 0 saturated carbocycles. The zero-order valence-corrected chi connectivity index (χ0v) is 13.0. The Labute approximate surface area is 127 Å². The second-order valence-electron chi connectivity index (χ2n) is 6.11. The van der Waals surface area contributed by atoms with E-state index in [2.05, 4.69) is 47.6 Å². The number of rotatable bonds is 4. The lowest BCUT2D eigenvalue weighted by atomic mass is 9.89. The third-order valence-electron chi connectivity index (χ3n) is 4.41. The van der Waals surface area contributed by atoms with E-state index >= 15 is 0 Å². The Kier molecular flexibility index (Phi) is 4.35. The molecule has 2 nitrogen and oxygen atoms in total. The number of fused-ring (bicyclic) bond motifs is 1. The summed E-state index contributed by atoms with van der Waals surface area (Å²) >= 11 is 0. The van der Waals surface area contributed by atoms with E-state index in [0.717, 1.165) is 17.9 Å². The number of benzene rings is 1. The Hall–Kier alpha value is -1.67. The standard InChI is InChI=1S/C19H24N2/c1-14-6-5-9-19(21-14)13-20-15(2)17-11-10-16-7-3-4-8-18(16)12-17/h5-6,9-12,15,20H,3-4,7-8,13H2,1-2H3. The van der Waals surface area contributed by atoms with Gasteiger partial charge in [-0.3, -0.25) is 4.98 Å². The summed E-state index contributed by atoms with van der Waals surface area (Å²) in [7, 11) is 0. The largest absolute Gasteiger partial charge is 0.305 e. The van der Waals surface area contributed by atoms with Crippen LogP contribution >= 0.6 is 0 Å². The van der Waals surface area contributed by atoms with E-state index in [-0.39, 0.29) is 0 Å². The minimum atomic E-state index is 0.361. The van der Waals surface area contributed by atoms with Gasteiger partial charge in [-0.15, -0.1) is 0 Å². The van der Waals surface area contributed by atoms with Crippen molar-refractivity contribution in [1.82, 2.24) is 10.3 Å². The number of nitrogens with one attached hydrogen (secondary N) is 1. The molecule has 0 aliphatic heterocycles. The molecule has 1 aromatic carbocycles. The molecule has 2 heteroatoms. The van der Waals surface area contributed by atoms with E-state index < -0.39 is 0 Å². The molecule has 110 valence electrons. The van der Waals surface area contributed by atoms with Gasteiger partial charge in [0.1, 0.15) is 0 Å². The Morgan fingerprint density at radius 1 is 1.10 bits per heavy atom. The predicted molar refractivity (Wildman–Crippen MR) is 87.3 cm³/mol. The first kappa shape index (κ1) is 14.3. The first-order chi connectivity index (χ1) is 10.2. The Morgan fingerprint density at radius 3 is 2.71 bits per heavy atom. The van der Waals surface area contributed by atoms with Crippen LogP contribution < -0.4 is 5.32 Å². The van der Waals surface area contributed by atoms with Crippen molar-refractivity contribution in [3.05, 3.63) is 64.5 Å². The van der Waals surface area contributed by atoms with E-state index in [0.29, 0.717) is 6.04 Å². The minimum absolute atomic E-state index is 0.361. The third-order valence-corrected chi connectivity index (χ3v) is 4.41. The lowest BCUT2D eigenvalue weighted by Gasteiger charge is -2.20. The second-order valence-corrected chi connectivity index (χ2v) is 6.11. The van der Waals surface area contributed by atoms with Crippen LogP contribution in [0, 0.1) is 6.92 Å². The summed E-state index contributed by atoms with van der Waals surface area (Å²) in [4.78, 5) is 4.55. The number of pyridine rings is 1. The molecule has 0 radical (unpaired) electrons. The van der Waals surface area contributed by atoms with Gasteiger partial charge in [-0.2, -0.15) is 0 Å². The number of aromatic nitrogens is 1. The summed E-state index contributed by atoms with van der Waals surface area (Å²) in [6.07, 6.45) is 5.19. The summed E-state index contributed by atoms with van der Waals surface area (Å²) in [5.41, 5.74) is 6.69. The predicted octanol–water partition coefficient (Wildman–Crippen LogP) is 4.12. The number of aryl methyl sites for hydroxylation is 3. The summed E-state index contributed by atoms with van der Waals surface area (Å²) in [6.45, 7) is 5.09. The van der Waals surface area contributed by atoms with Gasteiger partial charge >= 0.3 is 0 Å². The van der Waals surface area contributed by atoms with E-state index in [1.54, 1.807) is 11.1 Å². The first-order valence-electron chi connectivity index (χ1n) is 8.00. The average molecular weight is 280 g/mol. The van der Waals surface area contributed by atoms with Crippen LogP contribution in [0.3, 0.4) is 0 Å². The SMILES string of the molecule is Cc1cccc(CNC(C)c2ccc3c(c2)CCCC3)n1. The number of nitrogens with zero attached hydrogens (tertiary/aromatic N) is 1. The normalized spacial score (nSPS) is 15.5. The van der Waals surface area contributed by atoms with E-state index in [4.69, 9.17) is 0 Å². The highest BCUT2D eigenvalue weighted by atomic mass is 14.9. The van der Waals surface area contributed by atoms with Gasteiger partial charge in [0, 0.05) is 18.3 Å². The quantitative estimate of drug-likeness (QED) is 0.911. The lowest BCUT2D eigenvalue weighted by Crippen LogP contribution is -2.19. The van der Waals surface area contributed by atoms with Crippen LogP contribution in [-0.4, -0.2) is 4.98 Å². The van der Waals surface area contributed by atoms with Crippen molar-refractivity contribution in [3.8, 4) is 0 Å². The fourth-order valence-corrected chi connectivity index (χ4v) is 3.10. The van der Waals surface area contributed by atoms with Gasteiger partial charge in [0.2, 0.25) is 0 Å². The first-order valence-corrected chi connectivity index (χ1v) is 8.00. The van der Waals surface area contributed by atoms with E-state index in [1.807, 2.05) is 13.0 Å². The van der Waals surface area contributed by atoms with Gasteiger partial charge in [-0.25, -0.2) is 0 Å². The second kappa shape index (κ2) is 6.40. The molecule has 0 spiro atoms. The van der Waals surface area contributed by atoms with Crippen molar-refractivity contribution >= 4 is 0 Å². The highest BCUT2D eigenvalue weighted by Crippen LogP contribution is 2.24. The fraction of sp³-hybridized carbons (Fsp3) is 0.421. The van der Waals surface area contributed by atoms with Gasteiger partial charge in [0.05, 0.1) is 5.69 Å². The molecule has 21 heavy (non-hydrogen) atoms. The van der Waals surface area contributed by atoms with Gasteiger partial charge in [0.25, 0.3) is 0 Å². The molecule has 0 saturated heterocycles. The van der Waals surface area contributed by atoms with Crippen molar-refractivity contribution < 1.29 is 0 Å². The van der Waals surface area contributed by atoms with Crippen LogP contribution in [0.4, 0.5) is 0 Å². The van der Waals surface area contributed by atoms with Crippen LogP contribution in [0.5, 0.6) is 0 Å². The van der Waals surface area contributed by atoms with Crippen LogP contribution in [0.2, 0.25) is 0 Å². The lowest BCUT2D eigenvalue weighted by molar-refractivity contribution is 0.565. The van der Waals surface area contributed by atoms with Crippen molar-refractivity contribution in [3.63, 3.8) is 0 Å². The van der Waals surface area contributed by atoms with Crippen molar-refractivity contribution in [2.45, 2.75) is 52.1 Å². The summed E-state index contributed by atoms with van der Waals surface area (Å²) in [6, 6.07) is 13.6. The molecule has 1 unspecified atom stereocenters. The molecule has 1 heterocycles. The molecule has 1 N–H and O–H groups in total. The third kappa shape index (κ3) is 3.51. The molecule has 3 rings (SSSR count). The smallest absolute Gasteiger partial charge is 0.0545 e. The zero-order chi connectivity index (χ0) is 14.7. The molecule has 0 fully saturated rings. The number of hydrogen-bond acceptors (Lipinski definition) is 2. The molecule has 1 aliphatic carbocycles. The molecule has 0 amide bonds. The maximum absolute atomic E-state index is 4.55. The maximum atomic E-state index is 4.55. The average Bonchev–Trinajstić information content (AvgIpc) is 2.52. The van der Waals surface area contributed by atoms with Gasteiger partial charge in [0.15, 0.2) is 0 Å². The maximum Gasteiger partial charge on any atom is 0.0545 e. The van der Waals surface area contributed by atoms with Crippen LogP contribution in [0.25, 0.3) is 0 Å². The molecule has 2 aromatic rings. The van der Waals surface area contributed by atoms with E-state index in [1.165, 1.54) is 31.2 Å². The minimum Gasteiger partial charge on any atom is -0.305 e. The molecule has 0 bridgehead atoms. The zero-order valence-electron chi connectivity index (χ0n) is 13.0. The molecule has 1 atom stereocenters. The van der Waals surface area contributed by atoms with Crippen LogP contribution in [0.15, 0.2) is 36.4 Å². The van der Waals surface area contributed by atoms with E-state index in [9.17, 15) is 0 Å². The fourth-order valence-electron chi connectivity index (χ4n) is 3.10. The summed E-state index contributed by atoms with van der Waals surface area (Å²) < 4.78 is 0. The van der Waals surface area contributed by atoms with Gasteiger partial charge in [-0.1, -0.05) is 24.3 Å². The Morgan fingerprint density at radius 2 is 1.90 bits per heavy atom. The van der Waals surface area contributed by atoms with Gasteiger partial charge in [-0.05, 0) is 68.4 Å². The van der Waals surface area contributed by atoms with Crippen LogP contribution in [-0.2, 0) is 19.4 Å². The highest BCUT2D eigenvalue weighted by molar-refractivity contribution is 5.35. The summed E-state index contributed by atoms with van der Waals surface area (Å²) in [5, 5.41) is 3.59.